The van der Waals surface area contributed by atoms with Crippen molar-refractivity contribution in [2.75, 3.05) is 27.7 Å². The monoisotopic (exact) mass is 349 g/mol. The number of likely N-dealkylation sites (N-methyl/N-ethyl adjacent to an activating group) is 1. The van der Waals surface area contributed by atoms with E-state index in [-0.39, 0.29) is 11.9 Å². The smallest absolute Gasteiger partial charge is 0.251 e. The summed E-state index contributed by atoms with van der Waals surface area (Å²) >= 11 is 0. The summed E-state index contributed by atoms with van der Waals surface area (Å²) in [5.74, 6) is 0.777. The highest BCUT2D eigenvalue weighted by Crippen LogP contribution is 2.18. The lowest BCUT2D eigenvalue weighted by molar-refractivity contribution is -0.890. The first-order chi connectivity index (χ1) is 12.6. The molecule has 3 aromatic rings. The Balaban J connectivity index is 1.74. The van der Waals surface area contributed by atoms with Crippen LogP contribution in [0.5, 0.6) is 5.75 Å². The van der Waals surface area contributed by atoms with Gasteiger partial charge < -0.3 is 15.0 Å². The molecule has 3 aromatic carbocycles. The molecule has 0 spiro atoms. The van der Waals surface area contributed by atoms with E-state index >= 15 is 0 Å². The number of carbonyl (C=O) groups is 1. The quantitative estimate of drug-likeness (QED) is 0.718. The van der Waals surface area contributed by atoms with E-state index in [9.17, 15) is 4.79 Å². The zero-order chi connectivity index (χ0) is 18.5. The molecule has 0 aliphatic heterocycles. The number of nitrogens with one attached hydrogen (secondary N) is 2. The topological polar surface area (TPSA) is 42.8 Å². The van der Waals surface area contributed by atoms with Crippen LogP contribution in [-0.4, -0.2) is 33.7 Å². The number of fused-ring (bicyclic) bond motifs is 1. The van der Waals surface area contributed by atoms with E-state index in [0.29, 0.717) is 12.1 Å². The van der Waals surface area contributed by atoms with Crippen molar-refractivity contribution >= 4 is 16.7 Å². The molecule has 0 fully saturated rings. The minimum Gasteiger partial charge on any atom is -0.497 e. The van der Waals surface area contributed by atoms with E-state index in [1.807, 2.05) is 60.7 Å². The number of ether oxygens (including phenoxy) is 1. The zero-order valence-electron chi connectivity index (χ0n) is 15.5. The Kier molecular flexibility index (Phi) is 5.54. The maximum atomic E-state index is 12.6. The molecule has 0 aliphatic rings. The minimum atomic E-state index is -0.0510. The summed E-state index contributed by atoms with van der Waals surface area (Å²) in [4.78, 5) is 13.9. The van der Waals surface area contributed by atoms with Gasteiger partial charge in [0.25, 0.3) is 5.91 Å². The van der Waals surface area contributed by atoms with Crippen LogP contribution in [0, 0.1) is 0 Å². The SMILES string of the molecule is COc1cccc([C@@H](CNC(=O)c2ccc3ccccc3c2)[NH+](C)C)c1. The van der Waals surface area contributed by atoms with Crippen LogP contribution in [-0.2, 0) is 0 Å². The van der Waals surface area contributed by atoms with E-state index in [1.165, 1.54) is 4.90 Å². The van der Waals surface area contributed by atoms with Gasteiger partial charge in [-0.25, -0.2) is 0 Å². The third-order valence-corrected chi connectivity index (χ3v) is 4.67. The molecule has 3 rings (SSSR count). The number of quaternary nitrogens is 1. The van der Waals surface area contributed by atoms with Gasteiger partial charge in [0.2, 0.25) is 0 Å². The van der Waals surface area contributed by atoms with E-state index in [1.54, 1.807) is 7.11 Å². The van der Waals surface area contributed by atoms with Crippen molar-refractivity contribution in [3.63, 3.8) is 0 Å². The third-order valence-electron chi connectivity index (χ3n) is 4.67. The molecule has 0 heterocycles. The van der Waals surface area contributed by atoms with Gasteiger partial charge in [-0.05, 0) is 35.0 Å². The largest absolute Gasteiger partial charge is 0.497 e. The zero-order valence-corrected chi connectivity index (χ0v) is 15.5. The lowest BCUT2D eigenvalue weighted by atomic mass is 10.0. The lowest BCUT2D eigenvalue weighted by Gasteiger charge is -2.22. The standard InChI is InChI=1S/C22H24N2O2/c1-24(2)21(18-9-6-10-20(14-18)26-3)15-23-22(25)19-12-11-16-7-4-5-8-17(16)13-19/h4-14,21H,15H2,1-3H3,(H,23,25)/p+1/t21-/m1/s1. The van der Waals surface area contributed by atoms with E-state index < -0.39 is 0 Å². The van der Waals surface area contributed by atoms with E-state index in [2.05, 4.69) is 25.5 Å². The number of hydrogen-bond donors (Lipinski definition) is 2. The van der Waals surface area contributed by atoms with Gasteiger partial charge in [-0.3, -0.25) is 4.79 Å². The Labute approximate surface area is 154 Å². The van der Waals surface area contributed by atoms with Crippen LogP contribution in [0.15, 0.2) is 66.7 Å². The van der Waals surface area contributed by atoms with Crippen LogP contribution in [0.2, 0.25) is 0 Å². The van der Waals surface area contributed by atoms with E-state index in [0.717, 1.165) is 22.1 Å². The molecule has 0 radical (unpaired) electrons. The van der Waals surface area contributed by atoms with Crippen LogP contribution in [0.4, 0.5) is 0 Å². The summed E-state index contributed by atoms with van der Waals surface area (Å²) in [6.45, 7) is 0.557. The number of amides is 1. The van der Waals surface area contributed by atoms with Crippen LogP contribution in [0.1, 0.15) is 22.0 Å². The average molecular weight is 349 g/mol. The van der Waals surface area contributed by atoms with Crippen molar-refractivity contribution < 1.29 is 14.4 Å². The predicted molar refractivity (Wildman–Crippen MR) is 105 cm³/mol. The van der Waals surface area contributed by atoms with Crippen LogP contribution in [0.3, 0.4) is 0 Å². The molecule has 1 atom stereocenters. The molecule has 0 aliphatic carbocycles. The summed E-state index contributed by atoms with van der Waals surface area (Å²) < 4.78 is 5.32. The Morgan fingerprint density at radius 3 is 2.50 bits per heavy atom. The normalized spacial score (nSPS) is 12.2. The Bertz CT molecular complexity index is 905. The first kappa shape index (κ1) is 18.0. The molecule has 0 unspecified atom stereocenters. The average Bonchev–Trinajstić information content (AvgIpc) is 2.67. The summed E-state index contributed by atoms with van der Waals surface area (Å²) in [5.41, 5.74) is 1.82. The molecule has 2 N–H and O–H groups in total. The fraction of sp³-hybridized carbons (Fsp3) is 0.227. The molecule has 26 heavy (non-hydrogen) atoms. The fourth-order valence-electron chi connectivity index (χ4n) is 3.14. The van der Waals surface area contributed by atoms with Gasteiger partial charge in [-0.1, -0.05) is 42.5 Å². The van der Waals surface area contributed by atoms with Crippen molar-refractivity contribution in [3.05, 3.63) is 77.9 Å². The van der Waals surface area contributed by atoms with Crippen molar-refractivity contribution in [2.24, 2.45) is 0 Å². The summed E-state index contributed by atoms with van der Waals surface area (Å²) in [7, 11) is 5.84. The Hall–Kier alpha value is -2.85. The molecule has 0 saturated carbocycles. The summed E-state index contributed by atoms with van der Waals surface area (Å²) in [6.07, 6.45) is 0. The van der Waals surface area contributed by atoms with Crippen molar-refractivity contribution in [1.82, 2.24) is 5.32 Å². The second-order valence-electron chi connectivity index (χ2n) is 6.68. The van der Waals surface area contributed by atoms with Gasteiger partial charge >= 0.3 is 0 Å². The Morgan fingerprint density at radius 2 is 1.77 bits per heavy atom. The molecule has 1 amide bonds. The maximum Gasteiger partial charge on any atom is 0.251 e. The van der Waals surface area contributed by atoms with Crippen LogP contribution in [0.25, 0.3) is 10.8 Å². The highest BCUT2D eigenvalue weighted by atomic mass is 16.5. The first-order valence-corrected chi connectivity index (χ1v) is 8.79. The molecular weight excluding hydrogens is 324 g/mol. The fourth-order valence-corrected chi connectivity index (χ4v) is 3.14. The second kappa shape index (κ2) is 8.02. The van der Waals surface area contributed by atoms with Crippen LogP contribution < -0.4 is 15.0 Å². The van der Waals surface area contributed by atoms with Gasteiger partial charge in [0.05, 0.1) is 27.7 Å². The molecule has 4 heteroatoms. The molecule has 0 saturated heterocycles. The van der Waals surface area contributed by atoms with Gasteiger partial charge in [-0.15, -0.1) is 0 Å². The van der Waals surface area contributed by atoms with Gasteiger partial charge in [0.1, 0.15) is 11.8 Å². The van der Waals surface area contributed by atoms with Crippen molar-refractivity contribution in [1.29, 1.82) is 0 Å². The second-order valence-corrected chi connectivity index (χ2v) is 6.68. The number of benzene rings is 3. The first-order valence-electron chi connectivity index (χ1n) is 8.79. The number of rotatable bonds is 6. The number of hydrogen-bond acceptors (Lipinski definition) is 2. The number of methoxy groups -OCH3 is 1. The molecule has 0 bridgehead atoms. The van der Waals surface area contributed by atoms with Gasteiger partial charge in [-0.2, -0.15) is 0 Å². The van der Waals surface area contributed by atoms with Crippen LogP contribution >= 0.6 is 0 Å². The molecule has 134 valence electrons. The third kappa shape index (κ3) is 4.03. The van der Waals surface area contributed by atoms with Gasteiger partial charge in [0, 0.05) is 11.1 Å². The highest BCUT2D eigenvalue weighted by Gasteiger charge is 2.19. The molecule has 4 nitrogen and oxygen atoms in total. The Morgan fingerprint density at radius 1 is 1.00 bits per heavy atom. The molecular formula is C22H25N2O2+. The lowest BCUT2D eigenvalue weighted by Crippen LogP contribution is -3.07. The maximum absolute atomic E-state index is 12.6. The van der Waals surface area contributed by atoms with Crippen molar-refractivity contribution in [3.8, 4) is 5.75 Å². The summed E-state index contributed by atoms with van der Waals surface area (Å²) in [6, 6.07) is 22.0. The minimum absolute atomic E-state index is 0.0510. The highest BCUT2D eigenvalue weighted by molar-refractivity contribution is 5.98. The van der Waals surface area contributed by atoms with Crippen molar-refractivity contribution in [2.45, 2.75) is 6.04 Å². The molecule has 0 aromatic heterocycles. The summed E-state index contributed by atoms with van der Waals surface area (Å²) in [5, 5.41) is 5.29. The van der Waals surface area contributed by atoms with Gasteiger partial charge in [0.15, 0.2) is 0 Å². The predicted octanol–water partition coefficient (Wildman–Crippen LogP) is 2.46. The van der Waals surface area contributed by atoms with E-state index in [4.69, 9.17) is 4.74 Å². The number of carbonyl (C=O) groups excluding carboxylic acids is 1.